The van der Waals surface area contributed by atoms with Gasteiger partial charge in [0.2, 0.25) is 0 Å². The van der Waals surface area contributed by atoms with Crippen LogP contribution in [0.15, 0.2) is 28.7 Å². The number of hydrogen-bond acceptors (Lipinski definition) is 2. The summed E-state index contributed by atoms with van der Waals surface area (Å²) in [4.78, 5) is 4.45. The van der Waals surface area contributed by atoms with Gasteiger partial charge in [0.25, 0.3) is 0 Å². The van der Waals surface area contributed by atoms with E-state index in [1.165, 1.54) is 0 Å². The Labute approximate surface area is 109 Å². The summed E-state index contributed by atoms with van der Waals surface area (Å²) < 4.78 is 17.5. The summed E-state index contributed by atoms with van der Waals surface area (Å²) in [5.41, 5.74) is 1.96. The Hall–Kier alpha value is -1.49. The summed E-state index contributed by atoms with van der Waals surface area (Å²) in [5.74, 6) is 0.716. The van der Waals surface area contributed by atoms with E-state index < -0.39 is 11.0 Å². The number of aromatic nitrogens is 2. The molecule has 96 valence electrons. The Morgan fingerprint density at radius 3 is 2.61 bits per heavy atom. The van der Waals surface area contributed by atoms with Crippen LogP contribution >= 0.6 is 0 Å². The molecule has 1 aromatic carbocycles. The highest BCUT2D eigenvalue weighted by molar-refractivity contribution is 7.85. The molecule has 1 atom stereocenters. The Bertz CT molecular complexity index is 623. The van der Waals surface area contributed by atoms with E-state index in [1.807, 2.05) is 56.7 Å². The molecule has 0 aliphatic rings. The summed E-state index contributed by atoms with van der Waals surface area (Å²) in [6.07, 6.45) is 1.58. The quantitative estimate of drug-likeness (QED) is 0.781. The van der Waals surface area contributed by atoms with Crippen LogP contribution in [0, 0.1) is 0 Å². The summed E-state index contributed by atoms with van der Waals surface area (Å²) in [5, 5.41) is 0. The van der Waals surface area contributed by atoms with Crippen molar-refractivity contribution in [3.05, 3.63) is 30.1 Å². The third kappa shape index (κ3) is 2.51. The zero-order valence-electron chi connectivity index (χ0n) is 11.0. The van der Waals surface area contributed by atoms with Crippen molar-refractivity contribution in [3.63, 3.8) is 0 Å². The monoisotopic (exact) mass is 263 g/mol. The first kappa shape index (κ1) is 13.0. The van der Waals surface area contributed by atoms with Crippen molar-refractivity contribution in [2.45, 2.75) is 25.5 Å². The molecule has 0 spiro atoms. The summed E-state index contributed by atoms with van der Waals surface area (Å²) >= 11 is 0. The van der Waals surface area contributed by atoms with Gasteiger partial charge in [0.1, 0.15) is 11.0 Å². The second-order valence-corrected chi connectivity index (χ2v) is 7.05. The van der Waals surface area contributed by atoms with Gasteiger partial charge in [-0.1, -0.05) is 12.1 Å². The van der Waals surface area contributed by atoms with E-state index in [2.05, 4.69) is 9.38 Å². The van der Waals surface area contributed by atoms with Crippen LogP contribution in [-0.2, 0) is 18.0 Å². The molecular formula is C13H17N3OS. The average Bonchev–Trinajstić information content (AvgIpc) is 2.63. The molecule has 0 N–H and O–H groups in total. The molecule has 2 aromatic rings. The van der Waals surface area contributed by atoms with Crippen LogP contribution in [0.4, 0.5) is 0 Å². The van der Waals surface area contributed by atoms with E-state index in [4.69, 9.17) is 0 Å². The Kier molecular flexibility index (Phi) is 3.34. The minimum Gasteiger partial charge on any atom is -0.326 e. The molecule has 0 saturated carbocycles. The third-order valence-corrected chi connectivity index (χ3v) is 3.95. The normalized spacial score (nSPS) is 14.4. The van der Waals surface area contributed by atoms with Crippen LogP contribution in [0.1, 0.15) is 26.6 Å². The molecule has 4 nitrogen and oxygen atoms in total. The van der Waals surface area contributed by atoms with Gasteiger partial charge in [-0.15, -0.1) is 0 Å². The lowest BCUT2D eigenvalue weighted by Crippen LogP contribution is -2.19. The van der Waals surface area contributed by atoms with Crippen LogP contribution in [0.2, 0.25) is 0 Å². The number of para-hydroxylation sites is 2. The van der Waals surface area contributed by atoms with Crippen molar-refractivity contribution in [1.82, 2.24) is 9.55 Å². The molecule has 1 aromatic heterocycles. The number of nitrogens with zero attached hydrogens (tertiary/aromatic N) is 3. The Morgan fingerprint density at radius 1 is 1.33 bits per heavy atom. The molecule has 0 aliphatic heterocycles. The largest absolute Gasteiger partial charge is 0.326 e. The van der Waals surface area contributed by atoms with Gasteiger partial charge in [-0.05, 0) is 32.9 Å². The van der Waals surface area contributed by atoms with Crippen molar-refractivity contribution >= 4 is 28.2 Å². The lowest BCUT2D eigenvalue weighted by Gasteiger charge is -2.12. The van der Waals surface area contributed by atoms with E-state index in [9.17, 15) is 4.21 Å². The second kappa shape index (κ2) is 4.65. The van der Waals surface area contributed by atoms with Crippen LogP contribution in [0.5, 0.6) is 0 Å². The van der Waals surface area contributed by atoms with Gasteiger partial charge in [-0.25, -0.2) is 9.19 Å². The zero-order chi connectivity index (χ0) is 13.3. The molecule has 1 unspecified atom stereocenters. The molecule has 5 heteroatoms. The first-order chi connectivity index (χ1) is 8.39. The van der Waals surface area contributed by atoms with E-state index in [-0.39, 0.29) is 4.75 Å². The van der Waals surface area contributed by atoms with E-state index >= 15 is 0 Å². The van der Waals surface area contributed by atoms with Crippen molar-refractivity contribution in [1.29, 1.82) is 0 Å². The van der Waals surface area contributed by atoms with E-state index in [0.29, 0.717) is 5.82 Å². The molecule has 0 saturated heterocycles. The molecule has 0 radical (unpaired) electrons. The fourth-order valence-corrected chi connectivity index (χ4v) is 2.04. The third-order valence-electron chi connectivity index (χ3n) is 2.61. The predicted molar refractivity (Wildman–Crippen MR) is 76.2 cm³/mol. The maximum atomic E-state index is 11.8. The van der Waals surface area contributed by atoms with Crippen LogP contribution in [-0.4, -0.2) is 24.7 Å². The molecule has 1 heterocycles. The van der Waals surface area contributed by atoms with Crippen molar-refractivity contribution in [2.24, 2.45) is 11.4 Å². The maximum Gasteiger partial charge on any atom is 0.152 e. The molecule has 0 bridgehead atoms. The number of hydrogen-bond donors (Lipinski definition) is 0. The number of benzene rings is 1. The Balaban J connectivity index is 2.36. The van der Waals surface area contributed by atoms with Crippen molar-refractivity contribution < 1.29 is 4.21 Å². The van der Waals surface area contributed by atoms with Crippen LogP contribution in [0.3, 0.4) is 0 Å². The fraction of sp³-hybridized carbons (Fsp3) is 0.385. The topological polar surface area (TPSA) is 47.2 Å². The number of rotatable bonds is 2. The molecular weight excluding hydrogens is 246 g/mol. The standard InChI is InChI=1S/C13H17N3OS/c1-13(2,3)18(17)14-9-12-15-10-7-5-6-8-11(10)16(12)4/h5-9H,1-4H3/b14-9+. The van der Waals surface area contributed by atoms with Gasteiger partial charge in [-0.2, -0.15) is 4.40 Å². The number of aryl methyl sites for hydroxylation is 1. The van der Waals surface area contributed by atoms with Crippen LogP contribution < -0.4 is 0 Å². The summed E-state index contributed by atoms with van der Waals surface area (Å²) in [7, 11) is 0.676. The van der Waals surface area contributed by atoms with E-state index in [1.54, 1.807) is 6.21 Å². The average molecular weight is 263 g/mol. The smallest absolute Gasteiger partial charge is 0.152 e. The minimum atomic E-state index is -1.25. The molecule has 0 fully saturated rings. The van der Waals surface area contributed by atoms with Gasteiger partial charge < -0.3 is 4.57 Å². The van der Waals surface area contributed by atoms with Crippen molar-refractivity contribution in [2.75, 3.05) is 0 Å². The Morgan fingerprint density at radius 2 is 2.00 bits per heavy atom. The maximum absolute atomic E-state index is 11.8. The summed E-state index contributed by atoms with van der Waals surface area (Å²) in [6.45, 7) is 5.69. The second-order valence-electron chi connectivity index (χ2n) is 5.11. The first-order valence-electron chi connectivity index (χ1n) is 5.77. The van der Waals surface area contributed by atoms with E-state index in [0.717, 1.165) is 11.0 Å². The predicted octanol–water partition coefficient (Wildman–Crippen LogP) is 2.45. The lowest BCUT2D eigenvalue weighted by atomic mass is 10.3. The molecule has 0 aliphatic carbocycles. The minimum absolute atomic E-state index is 0.346. The summed E-state index contributed by atoms with van der Waals surface area (Å²) in [6, 6.07) is 7.87. The highest BCUT2D eigenvalue weighted by Gasteiger charge is 2.18. The highest BCUT2D eigenvalue weighted by atomic mass is 32.2. The molecule has 18 heavy (non-hydrogen) atoms. The van der Waals surface area contributed by atoms with Gasteiger partial charge >= 0.3 is 0 Å². The van der Waals surface area contributed by atoms with Gasteiger partial charge in [0.05, 0.1) is 22.0 Å². The zero-order valence-corrected chi connectivity index (χ0v) is 11.9. The van der Waals surface area contributed by atoms with Gasteiger partial charge in [-0.3, -0.25) is 0 Å². The van der Waals surface area contributed by atoms with Gasteiger partial charge in [0, 0.05) is 7.05 Å². The molecule has 2 rings (SSSR count). The fourth-order valence-electron chi connectivity index (χ4n) is 1.53. The van der Waals surface area contributed by atoms with Crippen molar-refractivity contribution in [3.8, 4) is 0 Å². The first-order valence-corrected chi connectivity index (χ1v) is 6.88. The lowest BCUT2D eigenvalue weighted by molar-refractivity contribution is 0.651. The SMILES string of the molecule is Cn1c(/C=N/S(=O)C(C)(C)C)nc2ccccc21. The number of imidazole rings is 1. The van der Waals surface area contributed by atoms with Gasteiger partial charge in [0.15, 0.2) is 5.82 Å². The molecule has 0 amide bonds. The highest BCUT2D eigenvalue weighted by Crippen LogP contribution is 2.15. The number of fused-ring (bicyclic) bond motifs is 1. The van der Waals surface area contributed by atoms with Crippen LogP contribution in [0.25, 0.3) is 11.0 Å².